The highest BCUT2D eigenvalue weighted by molar-refractivity contribution is 7.89. The zero-order chi connectivity index (χ0) is 20.2. The van der Waals surface area contributed by atoms with Crippen molar-refractivity contribution >= 4 is 21.6 Å². The molecule has 0 atom stereocenters. The first-order chi connectivity index (χ1) is 12.4. The van der Waals surface area contributed by atoms with Gasteiger partial charge in [0.15, 0.2) is 0 Å². The van der Waals surface area contributed by atoms with Crippen LogP contribution in [0.2, 0.25) is 0 Å². The summed E-state index contributed by atoms with van der Waals surface area (Å²) >= 11 is 0. The summed E-state index contributed by atoms with van der Waals surface area (Å²) < 4.78 is 60.3. The molecule has 0 spiro atoms. The number of anilines is 1. The molecule has 6 nitrogen and oxygen atoms in total. The molecule has 2 rings (SSSR count). The molecule has 0 radical (unpaired) electrons. The van der Waals surface area contributed by atoms with Crippen molar-refractivity contribution in [3.63, 3.8) is 0 Å². The first-order valence-corrected chi connectivity index (χ1v) is 9.27. The van der Waals surface area contributed by atoms with Gasteiger partial charge in [-0.25, -0.2) is 13.6 Å². The van der Waals surface area contributed by atoms with Gasteiger partial charge in [0.1, 0.15) is 0 Å². The van der Waals surface area contributed by atoms with E-state index >= 15 is 0 Å². The lowest BCUT2D eigenvalue weighted by atomic mass is 10.1. The van der Waals surface area contributed by atoms with Gasteiger partial charge >= 0.3 is 6.18 Å². The summed E-state index contributed by atoms with van der Waals surface area (Å²) in [5, 5.41) is 7.59. The van der Waals surface area contributed by atoms with Gasteiger partial charge in [-0.2, -0.15) is 13.2 Å². The van der Waals surface area contributed by atoms with Crippen LogP contribution < -0.4 is 10.5 Å². The number of likely N-dealkylation sites (N-methyl/N-ethyl adjacent to an activating group) is 1. The van der Waals surface area contributed by atoms with Gasteiger partial charge in [-0.05, 0) is 42.9 Å². The molecular weight excluding hydrogens is 383 g/mol. The number of sulfonamides is 1. The fourth-order valence-electron chi connectivity index (χ4n) is 2.36. The van der Waals surface area contributed by atoms with E-state index in [2.05, 4.69) is 5.32 Å². The summed E-state index contributed by atoms with van der Waals surface area (Å²) in [6, 6.07) is 10.2. The Morgan fingerprint density at radius 2 is 1.78 bits per heavy atom. The first-order valence-electron chi connectivity index (χ1n) is 7.72. The van der Waals surface area contributed by atoms with Gasteiger partial charge in [0, 0.05) is 12.2 Å². The SMILES string of the molecule is CN(CC(=O)Nc1cccc(S(N)(=O)=O)c1)Cc1ccc(C(F)(F)F)cc1. The number of hydrogen-bond acceptors (Lipinski definition) is 4. The highest BCUT2D eigenvalue weighted by Gasteiger charge is 2.29. The van der Waals surface area contributed by atoms with Gasteiger partial charge in [-0.1, -0.05) is 18.2 Å². The molecule has 10 heteroatoms. The Labute approximate surface area is 154 Å². The number of primary sulfonamides is 1. The summed E-state index contributed by atoms with van der Waals surface area (Å²) in [7, 11) is -2.24. The molecule has 1 amide bonds. The Bertz CT molecular complexity index is 913. The smallest absolute Gasteiger partial charge is 0.325 e. The van der Waals surface area contributed by atoms with E-state index < -0.39 is 27.7 Å². The standard InChI is InChI=1S/C17H18F3N3O3S/c1-23(10-12-5-7-13(8-6-12)17(18,19)20)11-16(24)22-14-3-2-4-15(9-14)27(21,25)26/h2-9H,10-11H2,1H3,(H,22,24)(H2,21,25,26). The van der Waals surface area contributed by atoms with Crippen molar-refractivity contribution in [2.75, 3.05) is 18.9 Å². The van der Waals surface area contributed by atoms with E-state index in [4.69, 9.17) is 5.14 Å². The monoisotopic (exact) mass is 401 g/mol. The van der Waals surface area contributed by atoms with Crippen LogP contribution in [0.4, 0.5) is 18.9 Å². The number of benzene rings is 2. The Hall–Kier alpha value is -2.43. The fourth-order valence-corrected chi connectivity index (χ4v) is 2.92. The van der Waals surface area contributed by atoms with E-state index in [1.807, 2.05) is 0 Å². The molecule has 0 heterocycles. The molecular formula is C17H18F3N3O3S. The number of amides is 1. The lowest BCUT2D eigenvalue weighted by molar-refractivity contribution is -0.137. The zero-order valence-electron chi connectivity index (χ0n) is 14.3. The van der Waals surface area contributed by atoms with Crippen molar-refractivity contribution in [2.24, 2.45) is 5.14 Å². The molecule has 0 bridgehead atoms. The third kappa shape index (κ3) is 6.35. The van der Waals surface area contributed by atoms with E-state index in [1.54, 1.807) is 11.9 Å². The lowest BCUT2D eigenvalue weighted by Gasteiger charge is -2.17. The number of rotatable bonds is 6. The van der Waals surface area contributed by atoms with Crippen LogP contribution in [0.15, 0.2) is 53.4 Å². The van der Waals surface area contributed by atoms with Crippen molar-refractivity contribution in [3.8, 4) is 0 Å². The van der Waals surface area contributed by atoms with Crippen molar-refractivity contribution in [1.29, 1.82) is 0 Å². The third-order valence-corrected chi connectivity index (χ3v) is 4.50. The number of nitrogens with one attached hydrogen (secondary N) is 1. The van der Waals surface area contributed by atoms with E-state index in [1.165, 1.54) is 36.4 Å². The Kier molecular flexibility index (Phi) is 6.24. The average molecular weight is 401 g/mol. The summed E-state index contributed by atoms with van der Waals surface area (Å²) in [4.78, 5) is 13.6. The third-order valence-electron chi connectivity index (χ3n) is 3.59. The van der Waals surface area contributed by atoms with Crippen molar-refractivity contribution in [3.05, 3.63) is 59.7 Å². The molecule has 0 aliphatic carbocycles. The highest BCUT2D eigenvalue weighted by Crippen LogP contribution is 2.29. The summed E-state index contributed by atoms with van der Waals surface area (Å²) in [5.74, 6) is -0.406. The van der Waals surface area contributed by atoms with Crippen molar-refractivity contribution in [2.45, 2.75) is 17.6 Å². The second-order valence-electron chi connectivity index (χ2n) is 5.99. The number of nitrogens with zero attached hydrogens (tertiary/aromatic N) is 1. The van der Waals surface area contributed by atoms with Crippen LogP contribution in [-0.2, 0) is 27.5 Å². The number of halogens is 3. The number of hydrogen-bond donors (Lipinski definition) is 2. The van der Waals surface area contributed by atoms with Gasteiger partial charge in [0.25, 0.3) is 0 Å². The summed E-state index contributed by atoms with van der Waals surface area (Å²) in [6.45, 7) is 0.226. The lowest BCUT2D eigenvalue weighted by Crippen LogP contribution is -2.30. The van der Waals surface area contributed by atoms with Gasteiger partial charge in [0.2, 0.25) is 15.9 Å². The molecule has 0 aliphatic heterocycles. The second kappa shape index (κ2) is 8.07. The topological polar surface area (TPSA) is 92.5 Å². The van der Waals surface area contributed by atoms with Crippen LogP contribution in [0.5, 0.6) is 0 Å². The van der Waals surface area contributed by atoms with Gasteiger partial charge in [0.05, 0.1) is 17.0 Å². The summed E-state index contributed by atoms with van der Waals surface area (Å²) in [6.07, 6.45) is -4.39. The van der Waals surface area contributed by atoms with E-state index in [0.717, 1.165) is 12.1 Å². The molecule has 0 saturated heterocycles. The highest BCUT2D eigenvalue weighted by atomic mass is 32.2. The Morgan fingerprint density at radius 1 is 1.15 bits per heavy atom. The maximum Gasteiger partial charge on any atom is 0.416 e. The van der Waals surface area contributed by atoms with Gasteiger partial charge < -0.3 is 5.32 Å². The minimum absolute atomic E-state index is 0.0410. The second-order valence-corrected chi connectivity index (χ2v) is 7.55. The quantitative estimate of drug-likeness (QED) is 0.778. The Balaban J connectivity index is 1.94. The first kappa shape index (κ1) is 20.9. The van der Waals surface area contributed by atoms with Gasteiger partial charge in [-0.15, -0.1) is 0 Å². The minimum atomic E-state index is -4.39. The van der Waals surface area contributed by atoms with Crippen LogP contribution in [0.3, 0.4) is 0 Å². The predicted octanol–water partition coefficient (Wildman–Crippen LogP) is 2.42. The van der Waals surface area contributed by atoms with Crippen LogP contribution in [0, 0.1) is 0 Å². The fraction of sp³-hybridized carbons (Fsp3) is 0.235. The molecule has 0 saturated carbocycles. The van der Waals surface area contributed by atoms with Crippen LogP contribution in [-0.4, -0.2) is 32.8 Å². The van der Waals surface area contributed by atoms with Crippen LogP contribution in [0.25, 0.3) is 0 Å². The molecule has 0 aliphatic rings. The Morgan fingerprint density at radius 3 is 2.33 bits per heavy atom. The van der Waals surface area contributed by atoms with Crippen molar-refractivity contribution in [1.82, 2.24) is 4.90 Å². The average Bonchev–Trinajstić information content (AvgIpc) is 2.53. The maximum atomic E-state index is 12.6. The molecule has 3 N–H and O–H groups in total. The largest absolute Gasteiger partial charge is 0.416 e. The maximum absolute atomic E-state index is 12.6. The number of carbonyl (C=O) groups is 1. The van der Waals surface area contributed by atoms with Crippen LogP contribution >= 0.6 is 0 Å². The minimum Gasteiger partial charge on any atom is -0.325 e. The molecule has 0 aromatic heterocycles. The van der Waals surface area contributed by atoms with E-state index in [9.17, 15) is 26.4 Å². The van der Waals surface area contributed by atoms with Crippen molar-refractivity contribution < 1.29 is 26.4 Å². The molecule has 146 valence electrons. The number of nitrogens with two attached hydrogens (primary N) is 1. The van der Waals surface area contributed by atoms with E-state index in [0.29, 0.717) is 5.56 Å². The number of alkyl halides is 3. The normalized spacial score (nSPS) is 12.2. The molecule has 0 fully saturated rings. The number of carbonyl (C=O) groups excluding carboxylic acids is 1. The zero-order valence-corrected chi connectivity index (χ0v) is 15.1. The predicted molar refractivity (Wildman–Crippen MR) is 94.2 cm³/mol. The molecule has 27 heavy (non-hydrogen) atoms. The van der Waals surface area contributed by atoms with Crippen LogP contribution in [0.1, 0.15) is 11.1 Å². The molecule has 0 unspecified atom stereocenters. The molecule has 2 aromatic carbocycles. The van der Waals surface area contributed by atoms with E-state index in [-0.39, 0.29) is 23.7 Å². The van der Waals surface area contributed by atoms with Gasteiger partial charge in [-0.3, -0.25) is 9.69 Å². The molecule has 2 aromatic rings. The summed E-state index contributed by atoms with van der Waals surface area (Å²) in [5.41, 5.74) is 0.158.